The third kappa shape index (κ3) is 7.60. The zero-order chi connectivity index (χ0) is 37.1. The van der Waals surface area contributed by atoms with Crippen molar-refractivity contribution in [3.8, 4) is 0 Å². The maximum absolute atomic E-state index is 14.8. The lowest BCUT2D eigenvalue weighted by Gasteiger charge is -2.38. The fourth-order valence-corrected chi connectivity index (χ4v) is 7.07. The first-order valence-electron chi connectivity index (χ1n) is 16.8. The molecule has 14 heteroatoms. The molecule has 6 rings (SSSR count). The van der Waals surface area contributed by atoms with E-state index in [4.69, 9.17) is 27.3 Å². The molecule has 0 aliphatic carbocycles. The number of ketones is 1. The van der Waals surface area contributed by atoms with Crippen LogP contribution in [0.25, 0.3) is 5.57 Å². The molecule has 0 unspecified atom stereocenters. The lowest BCUT2D eigenvalue weighted by atomic mass is 9.82. The van der Waals surface area contributed by atoms with Gasteiger partial charge in [-0.15, -0.1) is 0 Å². The predicted octanol–water partition coefficient (Wildman–Crippen LogP) is 4.42. The third-order valence-corrected chi connectivity index (χ3v) is 9.98. The normalized spacial score (nSPS) is 18.8. The maximum Gasteiger partial charge on any atom is 0.335 e. The van der Waals surface area contributed by atoms with Gasteiger partial charge in [0.05, 0.1) is 16.3 Å². The van der Waals surface area contributed by atoms with Crippen LogP contribution in [0.5, 0.6) is 0 Å². The Morgan fingerprint density at radius 3 is 2.40 bits per heavy atom. The first-order chi connectivity index (χ1) is 24.9. The fourth-order valence-electron chi connectivity index (χ4n) is 6.90. The minimum Gasteiger partial charge on any atom is -0.480 e. The van der Waals surface area contributed by atoms with Crippen molar-refractivity contribution in [2.45, 2.75) is 56.7 Å². The van der Waals surface area contributed by atoms with Crippen LogP contribution in [-0.4, -0.2) is 87.0 Å². The number of aromatic carboxylic acids is 1. The number of carbonyl (C=O) groups is 5. The SMILES string of the molecule is N[C@@H](CCC(=O)N1CC=C(c2cccc3c2CCN(C(=O)[C@H]2CC(c4cccc(Cl)c4F)=NO2)[C@@H]3C(=O)Cc2ccc(C(=O)O)cc2)CC1)C(=O)O. The summed E-state index contributed by atoms with van der Waals surface area (Å²) < 4.78 is 14.8. The van der Waals surface area contributed by atoms with E-state index < -0.39 is 41.9 Å². The van der Waals surface area contributed by atoms with Crippen LogP contribution in [0.4, 0.5) is 4.39 Å². The highest BCUT2D eigenvalue weighted by atomic mass is 35.5. The second-order valence-corrected chi connectivity index (χ2v) is 13.3. The minimum absolute atomic E-state index is 0.0232. The molecule has 4 N–H and O–H groups in total. The first kappa shape index (κ1) is 36.4. The van der Waals surface area contributed by atoms with Gasteiger partial charge in [-0.3, -0.25) is 19.2 Å². The first-order valence-corrected chi connectivity index (χ1v) is 17.2. The predicted molar refractivity (Wildman–Crippen MR) is 188 cm³/mol. The Hall–Kier alpha value is -5.40. The van der Waals surface area contributed by atoms with Crippen molar-refractivity contribution >= 4 is 52.4 Å². The number of carboxylic acid groups (broad SMARTS) is 2. The number of carboxylic acids is 2. The molecule has 0 radical (unpaired) electrons. The summed E-state index contributed by atoms with van der Waals surface area (Å²) in [5, 5.41) is 22.3. The van der Waals surface area contributed by atoms with Gasteiger partial charge in [0.15, 0.2) is 11.6 Å². The van der Waals surface area contributed by atoms with Gasteiger partial charge in [0.2, 0.25) is 12.0 Å². The van der Waals surface area contributed by atoms with E-state index in [0.717, 1.165) is 16.7 Å². The number of Topliss-reactive ketones (excluding diaryl/α,β-unsaturated/α-hetero) is 1. The molecular formula is C38H36ClFN4O8. The van der Waals surface area contributed by atoms with Gasteiger partial charge >= 0.3 is 11.9 Å². The van der Waals surface area contributed by atoms with Crippen LogP contribution < -0.4 is 5.73 Å². The van der Waals surface area contributed by atoms with E-state index in [1.807, 2.05) is 24.3 Å². The Morgan fingerprint density at radius 1 is 0.981 bits per heavy atom. The number of amides is 2. The minimum atomic E-state index is -1.16. The number of rotatable bonds is 11. The lowest BCUT2D eigenvalue weighted by molar-refractivity contribution is -0.149. The van der Waals surface area contributed by atoms with Crippen molar-refractivity contribution in [1.82, 2.24) is 9.80 Å². The second-order valence-electron chi connectivity index (χ2n) is 12.9. The van der Waals surface area contributed by atoms with E-state index in [0.29, 0.717) is 37.1 Å². The molecule has 0 fully saturated rings. The Bertz CT molecular complexity index is 2000. The molecule has 3 heterocycles. The highest BCUT2D eigenvalue weighted by molar-refractivity contribution is 6.31. The third-order valence-electron chi connectivity index (χ3n) is 9.69. The molecule has 3 atom stereocenters. The Labute approximate surface area is 303 Å². The molecule has 0 saturated carbocycles. The fraction of sp³-hybridized carbons (Fsp3) is 0.316. The van der Waals surface area contributed by atoms with Gasteiger partial charge < -0.3 is 30.6 Å². The number of hydrogen-bond donors (Lipinski definition) is 3. The highest BCUT2D eigenvalue weighted by Gasteiger charge is 2.42. The molecule has 12 nitrogen and oxygen atoms in total. The molecule has 0 saturated heterocycles. The van der Waals surface area contributed by atoms with Gasteiger partial charge in [-0.05, 0) is 71.4 Å². The topological polar surface area (TPSA) is 180 Å². The highest BCUT2D eigenvalue weighted by Crippen LogP contribution is 2.38. The second kappa shape index (κ2) is 15.5. The number of nitrogens with two attached hydrogens (primary N) is 1. The zero-order valence-corrected chi connectivity index (χ0v) is 28.7. The number of fused-ring (bicyclic) bond motifs is 1. The number of oxime groups is 1. The van der Waals surface area contributed by atoms with E-state index in [1.54, 1.807) is 23.1 Å². The Balaban J connectivity index is 1.26. The number of halogens is 2. The summed E-state index contributed by atoms with van der Waals surface area (Å²) in [5.74, 6) is -3.87. The Kier molecular flexibility index (Phi) is 10.8. The van der Waals surface area contributed by atoms with Gasteiger partial charge in [-0.1, -0.05) is 59.2 Å². The smallest absolute Gasteiger partial charge is 0.335 e. The van der Waals surface area contributed by atoms with Gasteiger partial charge in [-0.2, -0.15) is 0 Å². The van der Waals surface area contributed by atoms with Gasteiger partial charge in [-0.25, -0.2) is 9.18 Å². The van der Waals surface area contributed by atoms with E-state index in [2.05, 4.69) is 5.16 Å². The maximum atomic E-state index is 14.8. The molecule has 52 heavy (non-hydrogen) atoms. The van der Waals surface area contributed by atoms with Gasteiger partial charge in [0, 0.05) is 44.5 Å². The van der Waals surface area contributed by atoms with Gasteiger partial charge in [0.1, 0.15) is 12.1 Å². The number of benzene rings is 3. The average molecular weight is 731 g/mol. The van der Waals surface area contributed by atoms with Crippen molar-refractivity contribution in [2.24, 2.45) is 10.9 Å². The summed E-state index contributed by atoms with van der Waals surface area (Å²) in [4.78, 5) is 72.3. The van der Waals surface area contributed by atoms with Crippen LogP contribution in [0, 0.1) is 5.82 Å². The van der Waals surface area contributed by atoms with Crippen LogP contribution in [0.2, 0.25) is 5.02 Å². The lowest BCUT2D eigenvalue weighted by Crippen LogP contribution is -2.48. The summed E-state index contributed by atoms with van der Waals surface area (Å²) in [6.45, 7) is 0.929. The summed E-state index contributed by atoms with van der Waals surface area (Å²) >= 11 is 5.97. The number of aliphatic carboxylic acids is 1. The van der Waals surface area contributed by atoms with Crippen molar-refractivity contribution in [3.63, 3.8) is 0 Å². The van der Waals surface area contributed by atoms with Crippen LogP contribution in [0.1, 0.15) is 69.9 Å². The van der Waals surface area contributed by atoms with E-state index in [-0.39, 0.29) is 65.8 Å². The molecule has 2 amide bonds. The molecule has 3 aromatic rings. The van der Waals surface area contributed by atoms with Crippen LogP contribution in [0.15, 0.2) is 71.9 Å². The van der Waals surface area contributed by atoms with Crippen molar-refractivity contribution in [2.75, 3.05) is 19.6 Å². The van der Waals surface area contributed by atoms with E-state index in [9.17, 15) is 33.5 Å². The summed E-state index contributed by atoms with van der Waals surface area (Å²) in [6.07, 6.45) is 1.76. The van der Waals surface area contributed by atoms with E-state index >= 15 is 0 Å². The molecule has 0 spiro atoms. The molecule has 3 aromatic carbocycles. The van der Waals surface area contributed by atoms with Crippen molar-refractivity contribution in [1.29, 1.82) is 0 Å². The van der Waals surface area contributed by atoms with Gasteiger partial charge in [0.25, 0.3) is 5.91 Å². The summed E-state index contributed by atoms with van der Waals surface area (Å²) in [5.41, 5.74) is 10.0. The molecule has 270 valence electrons. The molecule has 3 aliphatic heterocycles. The van der Waals surface area contributed by atoms with Crippen molar-refractivity contribution in [3.05, 3.63) is 111 Å². The van der Waals surface area contributed by atoms with Crippen LogP contribution in [0.3, 0.4) is 0 Å². The molecule has 3 aliphatic rings. The number of carbonyl (C=O) groups excluding carboxylic acids is 3. The summed E-state index contributed by atoms with van der Waals surface area (Å²) in [6, 6.07) is 14.0. The monoisotopic (exact) mass is 730 g/mol. The van der Waals surface area contributed by atoms with Crippen LogP contribution in [-0.2, 0) is 36.9 Å². The Morgan fingerprint density at radius 2 is 1.71 bits per heavy atom. The van der Waals surface area contributed by atoms with E-state index in [1.165, 1.54) is 29.2 Å². The van der Waals surface area contributed by atoms with Crippen molar-refractivity contribution < 1.29 is 43.4 Å². The number of nitrogens with zero attached hydrogens (tertiary/aromatic N) is 3. The molecular weight excluding hydrogens is 695 g/mol. The quantitative estimate of drug-likeness (QED) is 0.258. The number of hydrogen-bond acceptors (Lipinski definition) is 8. The summed E-state index contributed by atoms with van der Waals surface area (Å²) in [7, 11) is 0. The molecule has 0 aromatic heterocycles. The largest absolute Gasteiger partial charge is 0.480 e. The molecule has 0 bridgehead atoms. The standard InChI is InChI=1S/C38H36ClFN4O8/c39-28-6-2-5-27(34(28)40)30-20-32(52-42-30)36(47)44-18-15-25-24(22-13-16-43(17-14-22)33(46)12-11-29(41)38(50)51)3-1-4-26(25)35(44)31(45)19-21-7-9-23(10-8-21)37(48)49/h1-10,13,29,32,35H,11-12,14-20,41H2,(H,48,49)(H,50,51)/t29-,32+,35-/m0/s1. The average Bonchev–Trinajstić information content (AvgIpc) is 3.64. The van der Waals surface area contributed by atoms with Crippen LogP contribution >= 0.6 is 11.6 Å². The zero-order valence-electron chi connectivity index (χ0n) is 28.0.